The molecule has 0 bridgehead atoms. The topological polar surface area (TPSA) is 90.4 Å². The van der Waals surface area contributed by atoms with Gasteiger partial charge in [-0.1, -0.05) is 68.7 Å². The van der Waals surface area contributed by atoms with E-state index < -0.39 is 35.1 Å². The minimum atomic E-state index is -1.29. The molecule has 6 rings (SSSR count). The fourth-order valence-corrected chi connectivity index (χ4v) is 7.84. The van der Waals surface area contributed by atoms with Gasteiger partial charge >= 0.3 is 0 Å². The Morgan fingerprint density at radius 1 is 0.949 bits per heavy atom. The lowest BCUT2D eigenvalue weighted by Gasteiger charge is -2.42. The largest absolute Gasteiger partial charge is 0.394 e. The average Bonchev–Trinajstić information content (AvgIpc) is 3.26. The van der Waals surface area contributed by atoms with E-state index in [0.717, 1.165) is 31.4 Å². The normalized spacial score (nSPS) is 35.5. The number of carbonyl (C=O) groups excluding carboxylic acids is 3. The number of aliphatic hydroxyl groups excluding tert-OH is 1. The number of hydrogen-bond donors (Lipinski definition) is 1. The van der Waals surface area contributed by atoms with E-state index in [1.165, 1.54) is 11.3 Å². The Morgan fingerprint density at radius 2 is 1.67 bits per heavy atom. The highest BCUT2D eigenvalue weighted by atomic mass is 16.5. The van der Waals surface area contributed by atoms with Crippen molar-refractivity contribution in [2.45, 2.75) is 81.7 Å². The summed E-state index contributed by atoms with van der Waals surface area (Å²) >= 11 is 0. The van der Waals surface area contributed by atoms with Gasteiger partial charge in [-0.05, 0) is 38.3 Å². The lowest BCUT2D eigenvalue weighted by Crippen LogP contribution is -2.59. The third-order valence-electron chi connectivity index (χ3n) is 9.73. The van der Waals surface area contributed by atoms with Gasteiger partial charge < -0.3 is 24.5 Å². The molecule has 208 valence electrons. The Balaban J connectivity index is 1.48. The van der Waals surface area contributed by atoms with Crippen LogP contribution in [0.4, 0.5) is 5.69 Å². The number of amides is 3. The van der Waals surface area contributed by atoms with Crippen LogP contribution in [0.25, 0.3) is 0 Å². The number of anilines is 1. The van der Waals surface area contributed by atoms with Gasteiger partial charge in [0.15, 0.2) is 0 Å². The molecule has 1 spiro atoms. The van der Waals surface area contributed by atoms with Gasteiger partial charge in [0.1, 0.15) is 11.6 Å². The number of aliphatic hydroxyl groups is 1. The van der Waals surface area contributed by atoms with Gasteiger partial charge in [0.25, 0.3) is 0 Å². The van der Waals surface area contributed by atoms with Crippen LogP contribution < -0.4 is 4.90 Å². The van der Waals surface area contributed by atoms with Gasteiger partial charge in [0, 0.05) is 24.8 Å². The number of likely N-dealkylation sites (tertiary alicyclic amines) is 1. The smallest absolute Gasteiger partial charge is 0.249 e. The molecule has 1 N–H and O–H groups in total. The molecular weight excluding hydrogens is 494 g/mol. The summed E-state index contributed by atoms with van der Waals surface area (Å²) in [5.41, 5.74) is -1.54. The number of rotatable bonds is 5. The Labute approximate surface area is 230 Å². The van der Waals surface area contributed by atoms with Crippen molar-refractivity contribution in [2.24, 2.45) is 11.8 Å². The van der Waals surface area contributed by atoms with E-state index >= 15 is 0 Å². The van der Waals surface area contributed by atoms with Crippen molar-refractivity contribution < 1.29 is 24.2 Å². The maximum atomic E-state index is 14.5. The Kier molecular flexibility index (Phi) is 6.66. The summed E-state index contributed by atoms with van der Waals surface area (Å²) in [5.74, 6) is -2.27. The van der Waals surface area contributed by atoms with Crippen LogP contribution in [0.2, 0.25) is 0 Å². The van der Waals surface area contributed by atoms with Gasteiger partial charge in [0.05, 0.1) is 30.1 Å². The molecule has 8 heteroatoms. The first-order valence-corrected chi connectivity index (χ1v) is 14.5. The standard InChI is InChI=1S/C31H39N3O5/c1-3-30-16-10-18-32(22-12-6-4-7-13-22)27(36)24(30)25-28(37)34(21(2)20-35)26-29(38)33(23-14-8-5-9-15-23)19-11-17-31(25,26)39-30/h4,6-7,10-13,16-17,21,23-26,35H,3,5,8-9,14-15,18-20H2,1-2H3/t21-,24-,25+,26?,30+,31+/m1/s1. The monoisotopic (exact) mass is 533 g/mol. The average molecular weight is 534 g/mol. The molecule has 1 saturated carbocycles. The number of benzene rings is 1. The second-order valence-electron chi connectivity index (χ2n) is 11.8. The summed E-state index contributed by atoms with van der Waals surface area (Å²) < 4.78 is 7.02. The van der Waals surface area contributed by atoms with Crippen molar-refractivity contribution in [2.75, 3.05) is 24.6 Å². The Hall–Kier alpha value is -2.97. The third-order valence-corrected chi connectivity index (χ3v) is 9.73. The quantitative estimate of drug-likeness (QED) is 0.588. The fraction of sp³-hybridized carbons (Fsp3) is 0.581. The second kappa shape index (κ2) is 9.89. The minimum absolute atomic E-state index is 0.119. The zero-order valence-electron chi connectivity index (χ0n) is 22.9. The molecular formula is C31H39N3O5. The van der Waals surface area contributed by atoms with Crippen LogP contribution in [0.5, 0.6) is 0 Å². The van der Waals surface area contributed by atoms with E-state index in [4.69, 9.17) is 4.74 Å². The van der Waals surface area contributed by atoms with Crippen LogP contribution >= 0.6 is 0 Å². The van der Waals surface area contributed by atoms with Gasteiger partial charge in [0.2, 0.25) is 17.7 Å². The van der Waals surface area contributed by atoms with Crippen LogP contribution in [0.1, 0.15) is 52.4 Å². The highest BCUT2D eigenvalue weighted by molar-refractivity contribution is 6.04. The molecule has 4 aliphatic heterocycles. The van der Waals surface area contributed by atoms with E-state index in [1.54, 1.807) is 11.8 Å². The summed E-state index contributed by atoms with van der Waals surface area (Å²) in [4.78, 5) is 48.5. The van der Waals surface area contributed by atoms with Crippen molar-refractivity contribution >= 4 is 23.4 Å². The molecule has 1 aromatic carbocycles. The van der Waals surface area contributed by atoms with Crippen molar-refractivity contribution in [1.82, 2.24) is 9.80 Å². The highest BCUT2D eigenvalue weighted by Gasteiger charge is 2.75. The number of para-hydroxylation sites is 1. The molecule has 0 radical (unpaired) electrons. The number of nitrogens with zero attached hydrogens (tertiary/aromatic N) is 3. The van der Waals surface area contributed by atoms with E-state index in [-0.39, 0.29) is 30.4 Å². The molecule has 0 aromatic heterocycles. The van der Waals surface area contributed by atoms with Crippen LogP contribution in [0.3, 0.4) is 0 Å². The van der Waals surface area contributed by atoms with Crippen molar-refractivity contribution in [3.8, 4) is 0 Å². The first-order valence-electron chi connectivity index (χ1n) is 14.5. The molecule has 1 unspecified atom stereocenters. The van der Waals surface area contributed by atoms with Crippen molar-refractivity contribution in [3.63, 3.8) is 0 Å². The third kappa shape index (κ3) is 3.82. The molecule has 4 heterocycles. The lowest BCUT2D eigenvalue weighted by atomic mass is 9.73. The number of fused-ring (bicyclic) bond motifs is 2. The predicted molar refractivity (Wildman–Crippen MR) is 147 cm³/mol. The van der Waals surface area contributed by atoms with Crippen LogP contribution in [0.15, 0.2) is 54.6 Å². The highest BCUT2D eigenvalue weighted by Crippen LogP contribution is 2.59. The Bertz CT molecular complexity index is 1190. The van der Waals surface area contributed by atoms with Gasteiger partial charge in [-0.3, -0.25) is 14.4 Å². The van der Waals surface area contributed by atoms with E-state index in [9.17, 15) is 19.5 Å². The van der Waals surface area contributed by atoms with E-state index in [2.05, 4.69) is 0 Å². The van der Waals surface area contributed by atoms with E-state index in [0.29, 0.717) is 19.5 Å². The summed E-state index contributed by atoms with van der Waals surface area (Å²) in [6, 6.07) is 8.09. The molecule has 3 amide bonds. The first kappa shape index (κ1) is 26.3. The number of hydrogen-bond acceptors (Lipinski definition) is 5. The molecule has 8 nitrogen and oxygen atoms in total. The zero-order valence-corrected chi connectivity index (χ0v) is 22.9. The van der Waals surface area contributed by atoms with Crippen LogP contribution in [0, 0.1) is 11.8 Å². The van der Waals surface area contributed by atoms with Crippen LogP contribution in [-0.2, 0) is 19.1 Å². The molecule has 2 saturated heterocycles. The summed E-state index contributed by atoms with van der Waals surface area (Å²) in [7, 11) is 0. The second-order valence-corrected chi connectivity index (χ2v) is 11.8. The fourth-order valence-electron chi connectivity index (χ4n) is 7.84. The maximum absolute atomic E-state index is 14.5. The number of ether oxygens (including phenoxy) is 1. The SMILES string of the molecule is CC[C@]12C=CCN(c3ccccc3)C(=O)[C@H]1[C@H]1C(=O)N([C@H](C)CO)C3C(=O)N(C4CCCCC4)CC=C[C@@]31O2. The van der Waals surface area contributed by atoms with Gasteiger partial charge in [-0.2, -0.15) is 0 Å². The first-order chi connectivity index (χ1) is 18.9. The van der Waals surface area contributed by atoms with Gasteiger partial charge in [-0.15, -0.1) is 0 Å². The minimum Gasteiger partial charge on any atom is -0.394 e. The van der Waals surface area contributed by atoms with Crippen molar-refractivity contribution in [3.05, 3.63) is 54.6 Å². The van der Waals surface area contributed by atoms with Crippen molar-refractivity contribution in [1.29, 1.82) is 0 Å². The van der Waals surface area contributed by atoms with Gasteiger partial charge in [-0.25, -0.2) is 0 Å². The summed E-state index contributed by atoms with van der Waals surface area (Å²) in [6.07, 6.45) is 13.5. The van der Waals surface area contributed by atoms with Crippen LogP contribution in [-0.4, -0.2) is 81.7 Å². The predicted octanol–water partition coefficient (Wildman–Crippen LogP) is 3.06. The lowest BCUT2D eigenvalue weighted by molar-refractivity contribution is -0.156. The molecule has 39 heavy (non-hydrogen) atoms. The van der Waals surface area contributed by atoms with E-state index in [1.807, 2.05) is 66.5 Å². The molecule has 5 aliphatic rings. The molecule has 3 fully saturated rings. The molecule has 6 atom stereocenters. The molecule has 1 aliphatic carbocycles. The summed E-state index contributed by atoms with van der Waals surface area (Å²) in [5, 5.41) is 10.2. The Morgan fingerprint density at radius 3 is 2.36 bits per heavy atom. The summed E-state index contributed by atoms with van der Waals surface area (Å²) in [6.45, 7) is 4.29. The number of carbonyl (C=O) groups is 3. The zero-order chi connectivity index (χ0) is 27.4. The molecule has 1 aromatic rings. The maximum Gasteiger partial charge on any atom is 0.249 e.